The van der Waals surface area contributed by atoms with Crippen molar-refractivity contribution >= 4 is 52.3 Å². The van der Waals surface area contributed by atoms with Gasteiger partial charge in [-0.15, -0.1) is 23.2 Å². The third-order valence-electron chi connectivity index (χ3n) is 5.27. The van der Waals surface area contributed by atoms with Gasteiger partial charge in [-0.25, -0.2) is 5.41 Å². The van der Waals surface area contributed by atoms with Crippen molar-refractivity contribution in [3.05, 3.63) is 29.8 Å². The molecule has 1 saturated carbocycles. The van der Waals surface area contributed by atoms with E-state index in [0.29, 0.717) is 37.2 Å². The molecule has 0 aromatic heterocycles. The minimum Gasteiger partial charge on any atom is -0.375 e. The van der Waals surface area contributed by atoms with Crippen LogP contribution < -0.4 is 21.8 Å². The van der Waals surface area contributed by atoms with Crippen LogP contribution in [0, 0.1) is 5.92 Å². The van der Waals surface area contributed by atoms with Gasteiger partial charge in [0, 0.05) is 24.7 Å². The molecule has 29 heavy (non-hydrogen) atoms. The van der Waals surface area contributed by atoms with E-state index in [1.807, 2.05) is 0 Å². The highest BCUT2D eigenvalue weighted by molar-refractivity contribution is 6.50. The van der Waals surface area contributed by atoms with Crippen molar-refractivity contribution in [1.82, 2.24) is 10.2 Å². The molecule has 2 fully saturated rings. The van der Waals surface area contributed by atoms with E-state index in [2.05, 4.69) is 10.6 Å². The number of nitrogens with two attached hydrogens (primary N) is 2. The first-order valence-electron chi connectivity index (χ1n) is 9.41. The first-order valence-corrected chi connectivity index (χ1v) is 10.2. The van der Waals surface area contributed by atoms with Gasteiger partial charge in [0.15, 0.2) is 0 Å². The van der Waals surface area contributed by atoms with Crippen molar-refractivity contribution in [3.63, 3.8) is 0 Å². The highest BCUT2D eigenvalue weighted by atomic mass is 35.5. The summed E-state index contributed by atoms with van der Waals surface area (Å²) >= 11 is 12.0. The molecule has 1 aromatic carbocycles. The molecule has 0 radical (unpaired) electrons. The van der Waals surface area contributed by atoms with E-state index >= 15 is 0 Å². The Morgan fingerprint density at radius 1 is 1.28 bits per heavy atom. The molecule has 1 heterocycles. The van der Waals surface area contributed by atoms with Gasteiger partial charge in [0.2, 0.25) is 11.8 Å². The van der Waals surface area contributed by atoms with Crippen LogP contribution in [0.15, 0.2) is 24.3 Å². The number of hydrogen-bond acceptors (Lipinski definition) is 4. The maximum atomic E-state index is 12.7. The summed E-state index contributed by atoms with van der Waals surface area (Å²) in [5.41, 5.74) is 6.11. The minimum absolute atomic E-state index is 0.0398. The van der Waals surface area contributed by atoms with Crippen LogP contribution in [-0.4, -0.2) is 58.3 Å². The number of nitrogens with zero attached hydrogens (tertiary/aromatic N) is 1. The number of alkyl halides is 2. The molecule has 3 amide bonds. The Morgan fingerprint density at radius 2 is 1.97 bits per heavy atom. The molecular weight excluding hydrogens is 417 g/mol. The third-order valence-corrected chi connectivity index (χ3v) is 6.19. The van der Waals surface area contributed by atoms with Crippen LogP contribution in [0.5, 0.6) is 0 Å². The Labute approximate surface area is 178 Å². The van der Waals surface area contributed by atoms with Gasteiger partial charge in [-0.2, -0.15) is 0 Å². The molecular formula is C19H24Cl2N5O3+. The number of benzene rings is 1. The normalized spacial score (nSPS) is 22.1. The van der Waals surface area contributed by atoms with Gasteiger partial charge < -0.3 is 21.3 Å². The van der Waals surface area contributed by atoms with Crippen LogP contribution in [0.1, 0.15) is 24.8 Å². The summed E-state index contributed by atoms with van der Waals surface area (Å²) in [7, 11) is 0. The lowest BCUT2D eigenvalue weighted by atomic mass is 10.1. The van der Waals surface area contributed by atoms with E-state index in [-0.39, 0.29) is 30.0 Å². The largest absolute Gasteiger partial charge is 0.375 e. The topological polar surface area (TPSA) is 130 Å². The summed E-state index contributed by atoms with van der Waals surface area (Å²) < 4.78 is -0.750. The van der Waals surface area contributed by atoms with Gasteiger partial charge in [0.1, 0.15) is 10.4 Å². The fraction of sp³-hybridized carbons (Fsp3) is 0.474. The zero-order valence-electron chi connectivity index (χ0n) is 15.8. The second kappa shape index (κ2) is 8.59. The van der Waals surface area contributed by atoms with E-state index in [4.69, 9.17) is 34.3 Å². The lowest BCUT2D eigenvalue weighted by molar-refractivity contribution is -0.137. The maximum absolute atomic E-state index is 12.7. The predicted molar refractivity (Wildman–Crippen MR) is 110 cm³/mol. The average molecular weight is 441 g/mol. The van der Waals surface area contributed by atoms with Crippen LogP contribution in [0.2, 0.25) is 0 Å². The molecule has 0 bridgehead atoms. The average Bonchev–Trinajstić information content (AvgIpc) is 3.07. The van der Waals surface area contributed by atoms with E-state index < -0.39 is 16.3 Å². The van der Waals surface area contributed by atoms with Crippen LogP contribution in [0.4, 0.5) is 5.69 Å². The molecule has 3 rings (SSSR count). The van der Waals surface area contributed by atoms with Gasteiger partial charge >= 0.3 is 5.91 Å². The van der Waals surface area contributed by atoms with Gasteiger partial charge in [0.25, 0.3) is 5.71 Å². The van der Waals surface area contributed by atoms with E-state index in [0.717, 1.165) is 6.42 Å². The minimum atomic E-state index is -0.750. The number of halogens is 2. The molecule has 8 nitrogen and oxygen atoms in total. The smallest absolute Gasteiger partial charge is 0.313 e. The standard InChI is InChI=1S/C19H23Cl2N5O3/c20-19(21)8-11(19)9-25-18(29)14-6-3-7-26(14)15(27)10-24-13-5-2-1-4-12(13)16(22)17(23)28/h1-2,4-5,11,14,22,24H,3,6-10H2,(H2,23,28)(H,25,29)/p+1/t11-,14-/m0/s1. The summed E-state index contributed by atoms with van der Waals surface area (Å²) in [4.78, 5) is 38.2. The van der Waals surface area contributed by atoms with Crippen LogP contribution in [-0.2, 0) is 14.4 Å². The summed E-state index contributed by atoms with van der Waals surface area (Å²) in [6.45, 7) is 0.869. The number of primary amides is 1. The Hall–Kier alpha value is -2.32. The zero-order valence-corrected chi connectivity index (χ0v) is 17.3. The molecule has 10 heteroatoms. The fourth-order valence-corrected chi connectivity index (χ4v) is 3.97. The number of anilines is 1. The van der Waals surface area contributed by atoms with E-state index in [1.165, 1.54) is 0 Å². The van der Waals surface area contributed by atoms with Gasteiger partial charge in [-0.1, -0.05) is 12.1 Å². The second-order valence-corrected chi connectivity index (χ2v) is 8.87. The number of nitrogens with one attached hydrogen (secondary N) is 2. The molecule has 2 aliphatic rings. The highest BCUT2D eigenvalue weighted by Crippen LogP contribution is 2.52. The van der Waals surface area contributed by atoms with Crippen molar-refractivity contribution in [2.24, 2.45) is 11.7 Å². The lowest BCUT2D eigenvalue weighted by Gasteiger charge is -2.24. The van der Waals surface area contributed by atoms with Gasteiger partial charge in [-0.05, 0) is 31.4 Å². The van der Waals surface area contributed by atoms with Crippen molar-refractivity contribution in [1.29, 1.82) is 0 Å². The molecule has 6 N–H and O–H groups in total. The van der Waals surface area contributed by atoms with E-state index in [9.17, 15) is 14.4 Å². The Bertz CT molecular complexity index is 845. The van der Waals surface area contributed by atoms with Gasteiger partial charge in [-0.3, -0.25) is 14.4 Å². The fourth-order valence-electron chi connectivity index (χ4n) is 3.45. The summed E-state index contributed by atoms with van der Waals surface area (Å²) in [6, 6.07) is 6.30. The molecule has 1 aliphatic heterocycles. The summed E-state index contributed by atoms with van der Waals surface area (Å²) in [5.74, 6) is -1.11. The Kier molecular flexibility index (Phi) is 6.33. The first-order chi connectivity index (χ1) is 13.7. The van der Waals surface area contributed by atoms with Crippen molar-refractivity contribution in [2.75, 3.05) is 25.0 Å². The van der Waals surface area contributed by atoms with Crippen molar-refractivity contribution in [2.45, 2.75) is 29.6 Å². The van der Waals surface area contributed by atoms with E-state index in [1.54, 1.807) is 29.2 Å². The SMILES string of the molecule is NC(=O)C(=[NH2+])c1ccccc1NCC(=O)N1CCC[C@H]1C(=O)NC[C@@H]1CC1(Cl)Cl. The molecule has 1 aromatic rings. The number of amides is 3. The number of rotatable bonds is 8. The molecule has 1 saturated heterocycles. The number of likely N-dealkylation sites (tertiary alicyclic amines) is 1. The summed E-state index contributed by atoms with van der Waals surface area (Å²) in [6.07, 6.45) is 2.01. The van der Waals surface area contributed by atoms with Crippen molar-refractivity contribution in [3.8, 4) is 0 Å². The predicted octanol–water partition coefficient (Wildman–Crippen LogP) is -0.567. The number of para-hydroxylation sites is 1. The Morgan fingerprint density at radius 3 is 2.62 bits per heavy atom. The van der Waals surface area contributed by atoms with Crippen molar-refractivity contribution < 1.29 is 19.8 Å². The number of carbonyl (C=O) groups excluding carboxylic acids is 3. The number of carbonyl (C=O) groups is 3. The second-order valence-electron chi connectivity index (χ2n) is 7.33. The molecule has 156 valence electrons. The van der Waals surface area contributed by atoms with Crippen LogP contribution in [0.25, 0.3) is 0 Å². The van der Waals surface area contributed by atoms with Crippen LogP contribution in [0.3, 0.4) is 0 Å². The molecule has 0 unspecified atom stereocenters. The molecule has 0 spiro atoms. The molecule has 1 aliphatic carbocycles. The number of hydrogen-bond donors (Lipinski definition) is 4. The quantitative estimate of drug-likeness (QED) is 0.318. The van der Waals surface area contributed by atoms with Crippen LogP contribution >= 0.6 is 23.2 Å². The summed E-state index contributed by atoms with van der Waals surface area (Å²) in [5, 5.41) is 11.6. The third kappa shape index (κ3) is 5.00. The molecule has 2 atom stereocenters. The maximum Gasteiger partial charge on any atom is 0.313 e. The Balaban J connectivity index is 1.57. The zero-order chi connectivity index (χ0) is 21.2. The monoisotopic (exact) mass is 440 g/mol. The van der Waals surface area contributed by atoms with Gasteiger partial charge in [0.05, 0.1) is 12.1 Å². The highest BCUT2D eigenvalue weighted by Gasteiger charge is 2.51. The lowest BCUT2D eigenvalue weighted by Crippen LogP contribution is -2.49. The first kappa shape index (κ1) is 21.4.